The summed E-state index contributed by atoms with van der Waals surface area (Å²) in [4.78, 5) is 58.5. The number of thiophene rings is 1. The number of amidine groups is 1. The SMILES string of the molecule is CC(=O)NCCCCCC(=O)N1CCN(C(=O)c2cc(N=C3CCN(c4ccc(Cl)c(Cl)c4)N3)nc(C)n2)CC1.Cc1sc2c(c1C)C(c1ccc(Cl)cc1)=[NH+]Cc1nnc(C)n1-2.[Cs+]. The average molecular weight is 1070 g/mol. The molecule has 6 heterocycles. The van der Waals surface area contributed by atoms with Gasteiger partial charge in [-0.25, -0.2) is 20.0 Å². The Balaban J connectivity index is 0.000000239. The topological polar surface area (TPSA) is 168 Å². The van der Waals surface area contributed by atoms with Crippen LogP contribution in [0, 0.1) is 27.7 Å². The Morgan fingerprint density at radius 3 is 2.33 bits per heavy atom. The van der Waals surface area contributed by atoms with Crippen molar-refractivity contribution in [2.45, 2.75) is 73.3 Å². The Labute approximate surface area is 450 Å². The summed E-state index contributed by atoms with van der Waals surface area (Å²) in [6.45, 7) is 13.4. The number of nitrogens with zero attached hydrogens (tertiary/aromatic N) is 9. The van der Waals surface area contributed by atoms with Crippen LogP contribution in [0.2, 0.25) is 15.1 Å². The smallest absolute Gasteiger partial charge is 0.356 e. The number of hydrogen-bond donors (Lipinski definition) is 3. The Hall–Kier alpha value is -3.37. The van der Waals surface area contributed by atoms with Gasteiger partial charge in [-0.1, -0.05) is 41.2 Å². The van der Waals surface area contributed by atoms with Gasteiger partial charge in [0.1, 0.15) is 28.2 Å². The van der Waals surface area contributed by atoms with E-state index in [-0.39, 0.29) is 92.3 Å². The summed E-state index contributed by atoms with van der Waals surface area (Å²) >= 11 is 20.0. The van der Waals surface area contributed by atoms with Crippen LogP contribution in [0.3, 0.4) is 0 Å². The molecule has 0 spiro atoms. The number of halogens is 3. The molecule has 0 atom stereocenters. The van der Waals surface area contributed by atoms with Crippen molar-refractivity contribution in [3.05, 3.63) is 108 Å². The van der Waals surface area contributed by atoms with Crippen LogP contribution in [0.25, 0.3) is 5.00 Å². The van der Waals surface area contributed by atoms with Gasteiger partial charge in [0.15, 0.2) is 5.82 Å². The van der Waals surface area contributed by atoms with Crippen LogP contribution >= 0.6 is 46.1 Å². The number of anilines is 1. The number of aryl methyl sites for hydroxylation is 3. The number of carbonyl (C=O) groups excluding carboxylic acids is 3. The molecule has 2 aromatic carbocycles. The number of unbranched alkanes of at least 4 members (excludes halogenated alkanes) is 2. The molecule has 64 heavy (non-hydrogen) atoms. The van der Waals surface area contributed by atoms with Crippen LogP contribution < -0.4 is 89.6 Å². The van der Waals surface area contributed by atoms with Crippen molar-refractivity contribution < 1.29 is 88.3 Å². The quantitative estimate of drug-likeness (QED) is 0.178. The van der Waals surface area contributed by atoms with E-state index in [9.17, 15) is 14.4 Å². The maximum Gasteiger partial charge on any atom is 1.00 e. The first-order chi connectivity index (χ1) is 30.2. The molecule has 8 rings (SSSR count). The molecule has 3 aliphatic rings. The van der Waals surface area contributed by atoms with Gasteiger partial charge in [-0.2, -0.15) is 0 Å². The fourth-order valence-corrected chi connectivity index (χ4v) is 9.21. The molecule has 15 nitrogen and oxygen atoms in total. The van der Waals surface area contributed by atoms with Gasteiger partial charge in [0.2, 0.25) is 29.9 Å². The molecule has 0 radical (unpaired) electrons. The van der Waals surface area contributed by atoms with Crippen molar-refractivity contribution in [3.8, 4) is 5.00 Å². The number of amides is 3. The molecular formula is C44H50Cl3CsN12O3S+2. The van der Waals surface area contributed by atoms with Crippen molar-refractivity contribution in [1.82, 2.24) is 45.3 Å². The maximum atomic E-state index is 13.2. The molecule has 20 heteroatoms. The van der Waals surface area contributed by atoms with Crippen LogP contribution in [0.15, 0.2) is 53.5 Å². The third-order valence-electron chi connectivity index (χ3n) is 11.0. The van der Waals surface area contributed by atoms with Crippen molar-refractivity contribution in [3.63, 3.8) is 0 Å². The fraction of sp³-hybridized carbons (Fsp3) is 0.386. The number of aromatic nitrogens is 5. The number of fused-ring (bicyclic) bond motifs is 3. The van der Waals surface area contributed by atoms with E-state index >= 15 is 0 Å². The molecule has 0 saturated carbocycles. The van der Waals surface area contributed by atoms with E-state index in [1.54, 1.807) is 41.4 Å². The van der Waals surface area contributed by atoms with Crippen LogP contribution in [0.5, 0.6) is 0 Å². The summed E-state index contributed by atoms with van der Waals surface area (Å²) in [7, 11) is 0. The van der Waals surface area contributed by atoms with Gasteiger partial charge in [0.05, 0.1) is 21.3 Å². The molecule has 330 valence electrons. The van der Waals surface area contributed by atoms with Crippen LogP contribution in [0.4, 0.5) is 11.5 Å². The third kappa shape index (κ3) is 12.3. The van der Waals surface area contributed by atoms with Crippen LogP contribution in [-0.2, 0) is 16.1 Å². The second-order valence-corrected chi connectivity index (χ2v) is 17.9. The largest absolute Gasteiger partial charge is 1.00 e. The van der Waals surface area contributed by atoms with Crippen molar-refractivity contribution >= 4 is 86.9 Å². The number of carbonyl (C=O) groups is 3. The second-order valence-electron chi connectivity index (χ2n) is 15.5. The molecule has 3 N–H and O–H groups in total. The average Bonchev–Trinajstić information content (AvgIpc) is 3.93. The first-order valence-electron chi connectivity index (χ1n) is 20.9. The minimum atomic E-state index is -0.200. The third-order valence-corrected chi connectivity index (χ3v) is 13.2. The summed E-state index contributed by atoms with van der Waals surface area (Å²) in [5.74, 6) is 3.29. The molecule has 0 bridgehead atoms. The number of nitrogens with one attached hydrogen (secondary N) is 3. The molecule has 2 saturated heterocycles. The summed E-state index contributed by atoms with van der Waals surface area (Å²) in [5.41, 5.74) is 9.19. The maximum absolute atomic E-state index is 13.2. The van der Waals surface area contributed by atoms with Gasteiger partial charge in [-0.3, -0.25) is 29.4 Å². The molecule has 2 fully saturated rings. The minimum Gasteiger partial charge on any atom is -0.356 e. The summed E-state index contributed by atoms with van der Waals surface area (Å²) in [5, 5.41) is 16.1. The van der Waals surface area contributed by atoms with Gasteiger partial charge in [-0.05, 0) is 88.6 Å². The number of aliphatic imine (C=N–C) groups is 1. The molecule has 3 aliphatic heterocycles. The molecule has 0 unspecified atom stereocenters. The summed E-state index contributed by atoms with van der Waals surface area (Å²) in [6.07, 6.45) is 3.65. The van der Waals surface area contributed by atoms with Crippen molar-refractivity contribution in [1.29, 1.82) is 0 Å². The number of rotatable bonds is 10. The second kappa shape index (κ2) is 22.9. The molecular weight excluding hydrogens is 1020 g/mol. The Kier molecular flexibility index (Phi) is 17.9. The monoisotopic (exact) mass is 1060 g/mol. The van der Waals surface area contributed by atoms with E-state index in [0.29, 0.717) is 86.2 Å². The number of piperazine rings is 1. The van der Waals surface area contributed by atoms with E-state index in [1.165, 1.54) is 27.9 Å². The van der Waals surface area contributed by atoms with Crippen LogP contribution in [0.1, 0.15) is 88.6 Å². The van der Waals surface area contributed by atoms with Crippen LogP contribution in [-0.4, -0.2) is 103 Å². The van der Waals surface area contributed by atoms with Gasteiger partial charge < -0.3 is 15.1 Å². The van der Waals surface area contributed by atoms with Gasteiger partial charge >= 0.3 is 68.9 Å². The first kappa shape index (κ1) is 50.1. The standard InChI is InChI=1S/C27H34Cl2N8O3.C17H15ClN4S.Cs/c1-18-31-23(17-25(32-18)33-24-9-11-37(34-24)20-7-8-21(28)22(29)16-20)27(40)36-14-12-35(13-15-36)26(39)6-4-3-5-10-30-19(2)38;1-9-10(2)23-17-15(9)16(12-4-6-13(18)7-5-12)19-8-14-21-20-11(3)22(14)17;/h7-8,16-17H,3-6,9-15H2,1-2H3,(H,30,38)(H,31,32,33,34);4-7H,8H2,1-3H3;/q;;+1/p+1. The zero-order valence-electron chi connectivity index (χ0n) is 36.9. The summed E-state index contributed by atoms with van der Waals surface area (Å²) < 4.78 is 2.16. The number of hydrogen-bond acceptors (Lipinski definition) is 10. The number of hydrazine groups is 1. The van der Waals surface area contributed by atoms with Crippen molar-refractivity contribution in [2.75, 3.05) is 44.3 Å². The zero-order chi connectivity index (χ0) is 44.8. The normalized spacial score (nSPS) is 15.0. The van der Waals surface area contributed by atoms with E-state index in [0.717, 1.165) is 52.9 Å². The molecule has 0 aliphatic carbocycles. The Bertz CT molecular complexity index is 2570. The van der Waals surface area contributed by atoms with Gasteiger partial charge in [0.25, 0.3) is 5.91 Å². The minimum absolute atomic E-state index is 0. The predicted molar refractivity (Wildman–Crippen MR) is 248 cm³/mol. The summed E-state index contributed by atoms with van der Waals surface area (Å²) in [6, 6.07) is 15.0. The first-order valence-corrected chi connectivity index (χ1v) is 22.8. The Morgan fingerprint density at radius 1 is 0.875 bits per heavy atom. The van der Waals surface area contributed by atoms with Gasteiger partial charge in [-0.15, -0.1) is 21.5 Å². The van der Waals surface area contributed by atoms with Crippen molar-refractivity contribution in [2.24, 2.45) is 4.99 Å². The van der Waals surface area contributed by atoms with Gasteiger partial charge in [0, 0.05) is 80.6 Å². The van der Waals surface area contributed by atoms with E-state index < -0.39 is 0 Å². The number of benzene rings is 2. The van der Waals surface area contributed by atoms with E-state index in [2.05, 4.69) is 71.4 Å². The fourth-order valence-electron chi connectivity index (χ4n) is 7.56. The van der Waals surface area contributed by atoms with E-state index in [1.807, 2.05) is 35.0 Å². The molecule has 5 aromatic rings. The van der Waals surface area contributed by atoms with E-state index in [4.69, 9.17) is 34.8 Å². The zero-order valence-corrected chi connectivity index (χ0v) is 46.3. The Morgan fingerprint density at radius 2 is 1.61 bits per heavy atom. The molecule has 3 aromatic heterocycles. The molecule has 3 amide bonds. The predicted octanol–water partition coefficient (Wildman–Crippen LogP) is 2.86.